The maximum Gasteiger partial charge on any atom is 0.137 e. The van der Waals surface area contributed by atoms with Gasteiger partial charge in [0, 0.05) is 13.2 Å². The van der Waals surface area contributed by atoms with Crippen LogP contribution in [-0.4, -0.2) is 12.0 Å². The smallest absolute Gasteiger partial charge is 0.137 e. The third-order valence-electron chi connectivity index (χ3n) is 3.85. The maximum absolute atomic E-state index is 4.53. The molecule has 3 nitrogen and oxygen atoms in total. The zero-order valence-corrected chi connectivity index (χ0v) is 11.8. The van der Waals surface area contributed by atoms with Gasteiger partial charge in [-0.25, -0.2) is 4.98 Å². The summed E-state index contributed by atoms with van der Waals surface area (Å²) in [6.07, 6.45) is 1.83. The molecule has 3 heteroatoms. The topological polar surface area (TPSA) is 19.4 Å². The zero-order valence-electron chi connectivity index (χ0n) is 11.8. The van der Waals surface area contributed by atoms with Gasteiger partial charge in [0.25, 0.3) is 0 Å². The van der Waals surface area contributed by atoms with Gasteiger partial charge in [-0.05, 0) is 36.4 Å². The van der Waals surface area contributed by atoms with E-state index in [1.807, 2.05) is 24.4 Å². The van der Waals surface area contributed by atoms with Crippen LogP contribution < -0.4 is 9.80 Å². The van der Waals surface area contributed by atoms with Crippen LogP contribution in [0, 0.1) is 0 Å². The number of hydrogen-bond donors (Lipinski definition) is 0. The van der Waals surface area contributed by atoms with E-state index in [0.29, 0.717) is 0 Å². The molecule has 0 N–H and O–H groups in total. The van der Waals surface area contributed by atoms with E-state index in [9.17, 15) is 0 Å². The summed E-state index contributed by atoms with van der Waals surface area (Å²) in [5, 5.41) is 0. The van der Waals surface area contributed by atoms with E-state index in [1.165, 1.54) is 11.4 Å². The number of rotatable bonds is 1. The van der Waals surface area contributed by atoms with Gasteiger partial charge < -0.3 is 4.90 Å². The first kappa shape index (κ1) is 12.0. The van der Waals surface area contributed by atoms with Gasteiger partial charge in [0.15, 0.2) is 0 Å². The predicted octanol–water partition coefficient (Wildman–Crippen LogP) is 4.63. The number of anilines is 5. The molecule has 1 aromatic heterocycles. The van der Waals surface area contributed by atoms with E-state index >= 15 is 0 Å². The van der Waals surface area contributed by atoms with Crippen LogP contribution in [0.3, 0.4) is 0 Å². The Bertz CT molecular complexity index is 736. The van der Waals surface area contributed by atoms with Gasteiger partial charge in [-0.2, -0.15) is 0 Å². The Kier molecular flexibility index (Phi) is 2.64. The quantitative estimate of drug-likeness (QED) is 0.644. The van der Waals surface area contributed by atoms with Gasteiger partial charge in [0.1, 0.15) is 5.82 Å². The first-order chi connectivity index (χ1) is 10.4. The molecule has 0 radical (unpaired) electrons. The van der Waals surface area contributed by atoms with E-state index in [4.69, 9.17) is 0 Å². The fourth-order valence-electron chi connectivity index (χ4n) is 2.87. The molecule has 1 aliphatic heterocycles. The van der Waals surface area contributed by atoms with Crippen molar-refractivity contribution in [2.24, 2.45) is 0 Å². The Morgan fingerprint density at radius 1 is 0.667 bits per heavy atom. The Morgan fingerprint density at radius 3 is 1.71 bits per heavy atom. The van der Waals surface area contributed by atoms with Gasteiger partial charge >= 0.3 is 0 Å². The van der Waals surface area contributed by atoms with Crippen molar-refractivity contribution >= 4 is 28.6 Å². The number of pyridine rings is 1. The lowest BCUT2D eigenvalue weighted by atomic mass is 10.1. The molecule has 0 aliphatic carbocycles. The van der Waals surface area contributed by atoms with Crippen LogP contribution in [-0.2, 0) is 0 Å². The molecule has 2 heterocycles. The minimum Gasteiger partial charge on any atom is -0.341 e. The van der Waals surface area contributed by atoms with E-state index in [2.05, 4.69) is 70.4 Å². The van der Waals surface area contributed by atoms with Crippen LogP contribution >= 0.6 is 0 Å². The van der Waals surface area contributed by atoms with E-state index in [1.54, 1.807) is 0 Å². The maximum atomic E-state index is 4.53. The van der Waals surface area contributed by atoms with E-state index in [-0.39, 0.29) is 0 Å². The Hall–Kier alpha value is -2.81. The SMILES string of the molecule is CN1c2ccccc2N(c2ccccn2)c2ccccc21. The van der Waals surface area contributed by atoms with Crippen molar-refractivity contribution in [2.75, 3.05) is 16.8 Å². The van der Waals surface area contributed by atoms with Gasteiger partial charge in [-0.15, -0.1) is 0 Å². The molecule has 3 aromatic rings. The summed E-state index contributed by atoms with van der Waals surface area (Å²) in [5.41, 5.74) is 4.67. The van der Waals surface area contributed by atoms with E-state index in [0.717, 1.165) is 17.2 Å². The predicted molar refractivity (Wildman–Crippen MR) is 87.0 cm³/mol. The van der Waals surface area contributed by atoms with Gasteiger partial charge in [0.2, 0.25) is 0 Å². The lowest BCUT2D eigenvalue weighted by Gasteiger charge is -2.37. The highest BCUT2D eigenvalue weighted by molar-refractivity contribution is 5.96. The Morgan fingerprint density at radius 2 is 1.19 bits per heavy atom. The fourth-order valence-corrected chi connectivity index (χ4v) is 2.87. The largest absolute Gasteiger partial charge is 0.341 e. The number of para-hydroxylation sites is 4. The molecule has 21 heavy (non-hydrogen) atoms. The molecule has 0 fully saturated rings. The molecule has 4 rings (SSSR count). The number of aromatic nitrogens is 1. The standard InChI is InChI=1S/C18H15N3/c1-20-14-8-2-4-10-16(14)21(18-12-6-7-13-19-18)17-11-5-3-9-15(17)20/h2-13H,1H3. The molecule has 0 saturated carbocycles. The number of nitrogens with zero attached hydrogens (tertiary/aromatic N) is 3. The first-order valence-electron chi connectivity index (χ1n) is 6.99. The van der Waals surface area contributed by atoms with Crippen molar-refractivity contribution < 1.29 is 0 Å². The molecule has 2 aromatic carbocycles. The monoisotopic (exact) mass is 273 g/mol. The second-order valence-electron chi connectivity index (χ2n) is 5.06. The molecule has 102 valence electrons. The summed E-state index contributed by atoms with van der Waals surface area (Å²) >= 11 is 0. The normalized spacial score (nSPS) is 12.8. The van der Waals surface area contributed by atoms with Crippen molar-refractivity contribution in [3.05, 3.63) is 72.9 Å². The van der Waals surface area contributed by atoms with Gasteiger partial charge in [-0.1, -0.05) is 30.3 Å². The molecule has 0 spiro atoms. The van der Waals surface area contributed by atoms with Crippen molar-refractivity contribution in [3.8, 4) is 0 Å². The fraction of sp³-hybridized carbons (Fsp3) is 0.0556. The minimum atomic E-state index is 0.936. The highest BCUT2D eigenvalue weighted by Crippen LogP contribution is 2.49. The molecule has 0 bridgehead atoms. The molecule has 0 atom stereocenters. The second-order valence-corrected chi connectivity index (χ2v) is 5.06. The number of hydrogen-bond acceptors (Lipinski definition) is 3. The first-order valence-corrected chi connectivity index (χ1v) is 6.99. The van der Waals surface area contributed by atoms with Crippen LogP contribution in [0.5, 0.6) is 0 Å². The van der Waals surface area contributed by atoms with Crippen LogP contribution in [0.15, 0.2) is 72.9 Å². The minimum absolute atomic E-state index is 0.936. The number of fused-ring (bicyclic) bond motifs is 2. The third-order valence-corrected chi connectivity index (χ3v) is 3.85. The summed E-state index contributed by atoms with van der Waals surface area (Å²) in [4.78, 5) is 8.97. The van der Waals surface area contributed by atoms with Crippen LogP contribution in [0.1, 0.15) is 0 Å². The lowest BCUT2D eigenvalue weighted by Crippen LogP contribution is -2.24. The summed E-state index contributed by atoms with van der Waals surface area (Å²) in [5.74, 6) is 0.936. The van der Waals surface area contributed by atoms with E-state index < -0.39 is 0 Å². The average molecular weight is 273 g/mol. The molecule has 0 unspecified atom stereocenters. The molecule has 0 saturated heterocycles. The van der Waals surface area contributed by atoms with Crippen molar-refractivity contribution in [1.82, 2.24) is 4.98 Å². The van der Waals surface area contributed by atoms with Crippen LogP contribution in [0.25, 0.3) is 0 Å². The summed E-state index contributed by atoms with van der Waals surface area (Å²) in [7, 11) is 2.10. The Balaban J connectivity index is 2.01. The summed E-state index contributed by atoms with van der Waals surface area (Å²) < 4.78 is 0. The average Bonchev–Trinajstić information content (AvgIpc) is 2.56. The molecule has 1 aliphatic rings. The highest BCUT2D eigenvalue weighted by atomic mass is 15.3. The third kappa shape index (κ3) is 1.78. The summed E-state index contributed by atoms with van der Waals surface area (Å²) in [6.45, 7) is 0. The Labute approximate surface area is 124 Å². The van der Waals surface area contributed by atoms with Crippen molar-refractivity contribution in [3.63, 3.8) is 0 Å². The van der Waals surface area contributed by atoms with Crippen LogP contribution in [0.2, 0.25) is 0 Å². The molecular weight excluding hydrogens is 258 g/mol. The number of benzene rings is 2. The van der Waals surface area contributed by atoms with Gasteiger partial charge in [-0.3, -0.25) is 4.90 Å². The van der Waals surface area contributed by atoms with Gasteiger partial charge in [0.05, 0.1) is 22.7 Å². The highest BCUT2D eigenvalue weighted by Gasteiger charge is 2.27. The molecule has 0 amide bonds. The second kappa shape index (κ2) is 4.63. The summed E-state index contributed by atoms with van der Waals surface area (Å²) in [6, 6.07) is 22.8. The van der Waals surface area contributed by atoms with Crippen molar-refractivity contribution in [1.29, 1.82) is 0 Å². The molecular formula is C18H15N3. The zero-order chi connectivity index (χ0) is 14.2. The van der Waals surface area contributed by atoms with Crippen LogP contribution in [0.4, 0.5) is 28.6 Å². The lowest BCUT2D eigenvalue weighted by molar-refractivity contribution is 1.10. The van der Waals surface area contributed by atoms with Crippen molar-refractivity contribution in [2.45, 2.75) is 0 Å².